The van der Waals surface area contributed by atoms with Crippen LogP contribution < -0.4 is 0 Å². The van der Waals surface area contributed by atoms with Crippen LogP contribution in [0.4, 0.5) is 0 Å². The molecular weight excluding hydrogens is 382 g/mol. The number of nitrogens with zero attached hydrogens (tertiary/aromatic N) is 3. The molecule has 6 heterocycles. The van der Waals surface area contributed by atoms with E-state index in [4.69, 9.17) is 4.98 Å². The molecule has 0 atom stereocenters. The van der Waals surface area contributed by atoms with Crippen LogP contribution in [0.1, 0.15) is 28.3 Å². The second-order valence-corrected chi connectivity index (χ2v) is 7.81. The molecule has 0 saturated carbocycles. The number of aromatic nitrogens is 5. The number of fused-ring (bicyclic) bond motifs is 8. The molecule has 0 aromatic carbocycles. The fourth-order valence-electron chi connectivity index (χ4n) is 3.91. The second-order valence-electron chi connectivity index (χ2n) is 7.81. The van der Waals surface area contributed by atoms with Crippen molar-refractivity contribution in [3.8, 4) is 11.3 Å². The number of pyridine rings is 1. The SMILES string of the molecule is Cc1ccnc(-c2cc3cc4ccc(cc5nc(cc6nc(cc2[nH]3)C=C6)C=C5)[nH]4)c1. The van der Waals surface area contributed by atoms with Crippen molar-refractivity contribution in [2.75, 3.05) is 0 Å². The van der Waals surface area contributed by atoms with Crippen LogP contribution in [0.2, 0.25) is 0 Å². The Morgan fingerprint density at radius 2 is 1.29 bits per heavy atom. The zero-order valence-corrected chi connectivity index (χ0v) is 16.9. The largest absolute Gasteiger partial charge is 0.355 e. The summed E-state index contributed by atoms with van der Waals surface area (Å²) in [5, 5.41) is 0. The van der Waals surface area contributed by atoms with Gasteiger partial charge in [0.05, 0.1) is 34.0 Å². The molecule has 0 radical (unpaired) electrons. The van der Waals surface area contributed by atoms with Crippen LogP contribution >= 0.6 is 0 Å². The summed E-state index contributed by atoms with van der Waals surface area (Å²) in [4.78, 5) is 21.0. The predicted octanol–water partition coefficient (Wildman–Crippen LogP) is 6.03. The Kier molecular flexibility index (Phi) is 3.93. The van der Waals surface area contributed by atoms with Crippen LogP contribution in [0.3, 0.4) is 0 Å². The van der Waals surface area contributed by atoms with E-state index >= 15 is 0 Å². The Morgan fingerprint density at radius 1 is 0.613 bits per heavy atom. The molecule has 4 aromatic heterocycles. The standard InChI is InChI=1S/C26H19N5/c1-16-8-9-27-25(10-16)24-14-23-13-21-5-4-19(29-21)11-17-2-3-18(28-17)12-20-6-7-22(30-20)15-26(24)31-23/h2-15,29,31H,1H3. The predicted molar refractivity (Wildman–Crippen MR) is 127 cm³/mol. The van der Waals surface area contributed by atoms with Gasteiger partial charge in [0.1, 0.15) is 0 Å². The lowest BCUT2D eigenvalue weighted by molar-refractivity contribution is 1.27. The molecule has 2 N–H and O–H groups in total. The van der Waals surface area contributed by atoms with Crippen molar-refractivity contribution < 1.29 is 0 Å². The van der Waals surface area contributed by atoms with Gasteiger partial charge < -0.3 is 9.97 Å². The lowest BCUT2D eigenvalue weighted by Crippen LogP contribution is -1.83. The highest BCUT2D eigenvalue weighted by atomic mass is 14.8. The summed E-state index contributed by atoms with van der Waals surface area (Å²) in [6.07, 6.45) is 9.91. The third-order valence-corrected chi connectivity index (χ3v) is 5.36. The Bertz CT molecular complexity index is 1550. The van der Waals surface area contributed by atoms with Crippen LogP contribution in [-0.2, 0) is 0 Å². The molecule has 6 rings (SSSR count). The van der Waals surface area contributed by atoms with E-state index in [0.29, 0.717) is 0 Å². The number of H-pyrrole nitrogens is 2. The van der Waals surface area contributed by atoms with Crippen LogP contribution in [0.25, 0.3) is 57.6 Å². The summed E-state index contributed by atoms with van der Waals surface area (Å²) in [5.41, 5.74) is 10.8. The second kappa shape index (κ2) is 6.92. The molecule has 148 valence electrons. The van der Waals surface area contributed by atoms with Crippen molar-refractivity contribution in [2.24, 2.45) is 0 Å². The molecule has 0 unspecified atom stereocenters. The van der Waals surface area contributed by atoms with Gasteiger partial charge in [0.15, 0.2) is 0 Å². The maximum Gasteiger partial charge on any atom is 0.0726 e. The molecule has 0 aliphatic carbocycles. The van der Waals surface area contributed by atoms with Crippen molar-refractivity contribution in [2.45, 2.75) is 6.92 Å². The third kappa shape index (κ3) is 3.46. The molecule has 0 saturated heterocycles. The Balaban J connectivity index is 1.68. The first kappa shape index (κ1) is 17.6. The van der Waals surface area contributed by atoms with Crippen LogP contribution in [0.15, 0.2) is 60.8 Å². The summed E-state index contributed by atoms with van der Waals surface area (Å²) in [6, 6.07) is 18.6. The van der Waals surface area contributed by atoms with Crippen molar-refractivity contribution >= 4 is 46.4 Å². The summed E-state index contributed by atoms with van der Waals surface area (Å²) in [6.45, 7) is 2.08. The van der Waals surface area contributed by atoms with E-state index in [9.17, 15) is 0 Å². The van der Waals surface area contributed by atoms with E-state index in [0.717, 1.165) is 56.1 Å². The Morgan fingerprint density at radius 3 is 2.03 bits per heavy atom. The van der Waals surface area contributed by atoms with E-state index in [1.165, 1.54) is 5.56 Å². The lowest BCUT2D eigenvalue weighted by Gasteiger charge is -1.99. The van der Waals surface area contributed by atoms with Gasteiger partial charge in [-0.2, -0.15) is 0 Å². The van der Waals surface area contributed by atoms with Gasteiger partial charge in [0.25, 0.3) is 0 Å². The fraction of sp³-hybridized carbons (Fsp3) is 0.0385. The van der Waals surface area contributed by atoms with Crippen molar-refractivity contribution in [3.05, 3.63) is 89.1 Å². The Labute approximate surface area is 178 Å². The van der Waals surface area contributed by atoms with Gasteiger partial charge >= 0.3 is 0 Å². The number of hydrogen-bond acceptors (Lipinski definition) is 3. The van der Waals surface area contributed by atoms with Gasteiger partial charge in [-0.3, -0.25) is 4.98 Å². The van der Waals surface area contributed by atoms with Crippen LogP contribution in [0.5, 0.6) is 0 Å². The van der Waals surface area contributed by atoms with E-state index < -0.39 is 0 Å². The highest BCUT2D eigenvalue weighted by Gasteiger charge is 2.08. The Hall–Kier alpha value is -4.25. The molecule has 5 nitrogen and oxygen atoms in total. The van der Waals surface area contributed by atoms with Gasteiger partial charge in [-0.15, -0.1) is 0 Å². The van der Waals surface area contributed by atoms with E-state index in [1.807, 2.05) is 48.7 Å². The number of rotatable bonds is 1. The number of nitrogens with one attached hydrogen (secondary N) is 2. The minimum absolute atomic E-state index is 0.888. The first-order chi connectivity index (χ1) is 15.2. The van der Waals surface area contributed by atoms with Gasteiger partial charge in [-0.1, -0.05) is 0 Å². The molecule has 0 fully saturated rings. The molecule has 4 aromatic rings. The molecule has 0 spiro atoms. The zero-order valence-electron chi connectivity index (χ0n) is 16.9. The van der Waals surface area contributed by atoms with Crippen molar-refractivity contribution in [3.63, 3.8) is 0 Å². The van der Waals surface area contributed by atoms with E-state index in [1.54, 1.807) is 0 Å². The topological polar surface area (TPSA) is 70.2 Å². The smallest absolute Gasteiger partial charge is 0.0726 e. The number of aryl methyl sites for hydroxylation is 1. The molecule has 5 heteroatoms. The minimum atomic E-state index is 0.888. The number of hydrogen-bond donors (Lipinski definition) is 2. The highest BCUT2D eigenvalue weighted by Crippen LogP contribution is 2.26. The normalized spacial score (nSPS) is 12.4. The van der Waals surface area contributed by atoms with Gasteiger partial charge in [-0.05, 0) is 91.4 Å². The molecular formula is C26H19N5. The van der Waals surface area contributed by atoms with E-state index in [2.05, 4.69) is 63.3 Å². The summed E-state index contributed by atoms with van der Waals surface area (Å²) in [5.74, 6) is 0. The maximum atomic E-state index is 4.75. The monoisotopic (exact) mass is 401 g/mol. The maximum absolute atomic E-state index is 4.75. The van der Waals surface area contributed by atoms with Crippen molar-refractivity contribution in [1.29, 1.82) is 0 Å². The summed E-state index contributed by atoms with van der Waals surface area (Å²) in [7, 11) is 0. The van der Waals surface area contributed by atoms with Gasteiger partial charge in [0.2, 0.25) is 0 Å². The van der Waals surface area contributed by atoms with Crippen LogP contribution in [-0.4, -0.2) is 24.9 Å². The minimum Gasteiger partial charge on any atom is -0.355 e. The van der Waals surface area contributed by atoms with Gasteiger partial charge in [0, 0.05) is 28.3 Å². The first-order valence-corrected chi connectivity index (χ1v) is 10.2. The average molecular weight is 401 g/mol. The highest BCUT2D eigenvalue weighted by molar-refractivity contribution is 5.86. The lowest BCUT2D eigenvalue weighted by atomic mass is 10.1. The average Bonchev–Trinajstić information content (AvgIpc) is 3.53. The fourth-order valence-corrected chi connectivity index (χ4v) is 3.91. The summed E-state index contributed by atoms with van der Waals surface area (Å²) < 4.78 is 0. The molecule has 0 amide bonds. The first-order valence-electron chi connectivity index (χ1n) is 10.2. The molecule has 31 heavy (non-hydrogen) atoms. The van der Waals surface area contributed by atoms with Crippen LogP contribution in [0, 0.1) is 6.92 Å². The van der Waals surface area contributed by atoms with Crippen molar-refractivity contribution in [1.82, 2.24) is 24.9 Å². The van der Waals surface area contributed by atoms with E-state index in [-0.39, 0.29) is 0 Å². The van der Waals surface area contributed by atoms with Gasteiger partial charge in [-0.25, -0.2) is 9.97 Å². The number of aromatic amines is 2. The zero-order chi connectivity index (χ0) is 20.8. The molecule has 8 bridgehead atoms. The quantitative estimate of drug-likeness (QED) is 0.354. The molecule has 2 aliphatic heterocycles. The molecule has 2 aliphatic rings. The summed E-state index contributed by atoms with van der Waals surface area (Å²) >= 11 is 0. The third-order valence-electron chi connectivity index (χ3n) is 5.36.